The van der Waals surface area contributed by atoms with E-state index in [1.807, 2.05) is 37.3 Å². The highest BCUT2D eigenvalue weighted by Gasteiger charge is 2.36. The molecule has 4 nitrogen and oxygen atoms in total. The van der Waals surface area contributed by atoms with Gasteiger partial charge in [-0.2, -0.15) is 0 Å². The van der Waals surface area contributed by atoms with Gasteiger partial charge in [0, 0.05) is 29.4 Å². The van der Waals surface area contributed by atoms with Crippen LogP contribution in [0.3, 0.4) is 0 Å². The molecule has 136 valence electrons. The molecule has 0 saturated carbocycles. The largest absolute Gasteiger partial charge is 0.326 e. The quantitative estimate of drug-likeness (QED) is 0.843. The summed E-state index contributed by atoms with van der Waals surface area (Å²) in [7, 11) is 0. The van der Waals surface area contributed by atoms with Crippen molar-refractivity contribution in [1.29, 1.82) is 0 Å². The highest BCUT2D eigenvalue weighted by molar-refractivity contribution is 6.31. The number of amides is 2. The molecule has 2 amide bonds. The Morgan fingerprint density at radius 2 is 1.96 bits per heavy atom. The van der Waals surface area contributed by atoms with Gasteiger partial charge in [-0.05, 0) is 42.2 Å². The fraction of sp³-hybridized carbons (Fsp3) is 0.333. The van der Waals surface area contributed by atoms with E-state index in [1.54, 1.807) is 17.0 Å². The average Bonchev–Trinajstić information content (AvgIpc) is 2.99. The van der Waals surface area contributed by atoms with E-state index >= 15 is 0 Å². The summed E-state index contributed by atoms with van der Waals surface area (Å²) in [6, 6.07) is 13.3. The highest BCUT2D eigenvalue weighted by Crippen LogP contribution is 2.31. The summed E-state index contributed by atoms with van der Waals surface area (Å²) in [4.78, 5) is 26.9. The number of anilines is 2. The van der Waals surface area contributed by atoms with Gasteiger partial charge in [0.05, 0.1) is 5.92 Å². The molecule has 0 bridgehead atoms. The van der Waals surface area contributed by atoms with Crippen molar-refractivity contribution in [2.24, 2.45) is 5.92 Å². The van der Waals surface area contributed by atoms with E-state index in [0.29, 0.717) is 17.5 Å². The fourth-order valence-electron chi connectivity index (χ4n) is 3.34. The van der Waals surface area contributed by atoms with Crippen LogP contribution in [0.5, 0.6) is 0 Å². The molecule has 1 aliphatic heterocycles. The number of carbonyl (C=O) groups excluding carboxylic acids is 2. The Labute approximate surface area is 159 Å². The number of aryl methyl sites for hydroxylation is 1. The van der Waals surface area contributed by atoms with E-state index in [9.17, 15) is 9.59 Å². The van der Waals surface area contributed by atoms with Crippen molar-refractivity contribution in [2.45, 2.75) is 33.1 Å². The van der Waals surface area contributed by atoms with E-state index in [0.717, 1.165) is 22.5 Å². The van der Waals surface area contributed by atoms with Crippen molar-refractivity contribution in [3.05, 3.63) is 58.6 Å². The second-order valence-electron chi connectivity index (χ2n) is 7.07. The maximum atomic E-state index is 12.7. The minimum absolute atomic E-state index is 0.0485. The third kappa shape index (κ3) is 3.75. The molecule has 3 rings (SSSR count). The van der Waals surface area contributed by atoms with Gasteiger partial charge < -0.3 is 10.2 Å². The number of nitrogens with zero attached hydrogens (tertiary/aromatic N) is 1. The molecule has 0 radical (unpaired) electrons. The van der Waals surface area contributed by atoms with Crippen LogP contribution in [0.4, 0.5) is 11.4 Å². The predicted octanol–water partition coefficient (Wildman–Crippen LogP) is 4.76. The molecule has 0 aromatic heterocycles. The highest BCUT2D eigenvalue weighted by atomic mass is 35.5. The predicted molar refractivity (Wildman–Crippen MR) is 106 cm³/mol. The SMILES string of the molecule is Cc1ccc(Cl)cc1N1CC(C(=O)Nc2ccccc2C(C)C)CC1=O. The first-order valence-corrected chi connectivity index (χ1v) is 9.21. The molecule has 1 unspecified atom stereocenters. The summed E-state index contributed by atoms with van der Waals surface area (Å²) in [5.74, 6) is -0.232. The molecule has 2 aromatic rings. The lowest BCUT2D eigenvalue weighted by Gasteiger charge is -2.20. The lowest BCUT2D eigenvalue weighted by atomic mass is 10.0. The van der Waals surface area contributed by atoms with Gasteiger partial charge >= 0.3 is 0 Å². The Morgan fingerprint density at radius 3 is 2.69 bits per heavy atom. The summed E-state index contributed by atoms with van der Waals surface area (Å²) in [6.07, 6.45) is 0.210. The van der Waals surface area contributed by atoms with Crippen LogP contribution in [0.15, 0.2) is 42.5 Å². The molecule has 0 aliphatic carbocycles. The van der Waals surface area contributed by atoms with Crippen LogP contribution in [0.1, 0.15) is 37.3 Å². The first-order valence-electron chi connectivity index (χ1n) is 8.83. The van der Waals surface area contributed by atoms with Gasteiger partial charge in [0.25, 0.3) is 0 Å². The smallest absolute Gasteiger partial charge is 0.229 e. The first-order chi connectivity index (χ1) is 12.4. The molecular weight excluding hydrogens is 348 g/mol. The topological polar surface area (TPSA) is 49.4 Å². The van der Waals surface area contributed by atoms with Gasteiger partial charge in [0.1, 0.15) is 0 Å². The zero-order chi connectivity index (χ0) is 18.8. The van der Waals surface area contributed by atoms with Gasteiger partial charge in [-0.15, -0.1) is 0 Å². The molecule has 1 atom stereocenters. The average molecular weight is 371 g/mol. The lowest BCUT2D eigenvalue weighted by Crippen LogP contribution is -2.28. The van der Waals surface area contributed by atoms with E-state index in [4.69, 9.17) is 11.6 Å². The van der Waals surface area contributed by atoms with Gasteiger partial charge in [0.15, 0.2) is 0 Å². The van der Waals surface area contributed by atoms with E-state index in [1.165, 1.54) is 0 Å². The Balaban J connectivity index is 1.77. The summed E-state index contributed by atoms with van der Waals surface area (Å²) >= 11 is 6.08. The number of hydrogen-bond donors (Lipinski definition) is 1. The van der Waals surface area contributed by atoms with Crippen LogP contribution in [0, 0.1) is 12.8 Å². The number of carbonyl (C=O) groups is 2. The fourth-order valence-corrected chi connectivity index (χ4v) is 3.50. The minimum Gasteiger partial charge on any atom is -0.326 e. The van der Waals surface area contributed by atoms with Crippen molar-refractivity contribution in [3.63, 3.8) is 0 Å². The van der Waals surface area contributed by atoms with Gasteiger partial charge in [0.2, 0.25) is 11.8 Å². The van der Waals surface area contributed by atoms with Crippen LogP contribution >= 0.6 is 11.6 Å². The summed E-state index contributed by atoms with van der Waals surface area (Å²) < 4.78 is 0. The Morgan fingerprint density at radius 1 is 1.23 bits per heavy atom. The van der Waals surface area contributed by atoms with E-state index < -0.39 is 0 Å². The second kappa shape index (κ2) is 7.50. The van der Waals surface area contributed by atoms with Gasteiger partial charge in [-0.25, -0.2) is 0 Å². The van der Waals surface area contributed by atoms with E-state index in [-0.39, 0.29) is 24.2 Å². The molecular formula is C21H23ClN2O2. The molecule has 2 aromatic carbocycles. The Kier molecular flexibility index (Phi) is 5.33. The molecule has 0 spiro atoms. The second-order valence-corrected chi connectivity index (χ2v) is 7.50. The maximum Gasteiger partial charge on any atom is 0.229 e. The zero-order valence-electron chi connectivity index (χ0n) is 15.3. The third-order valence-corrected chi connectivity index (χ3v) is 5.03. The summed E-state index contributed by atoms with van der Waals surface area (Å²) in [5.41, 5.74) is 3.65. The Hall–Kier alpha value is -2.33. The number of benzene rings is 2. The monoisotopic (exact) mass is 370 g/mol. The standard InChI is InChI=1S/C21H23ClN2O2/c1-13(2)17-6-4-5-7-18(17)23-21(26)15-10-20(25)24(12-15)19-11-16(22)9-8-14(19)3/h4-9,11,13,15H,10,12H2,1-3H3,(H,23,26). The molecule has 1 fully saturated rings. The first kappa shape index (κ1) is 18.5. The maximum absolute atomic E-state index is 12.7. The van der Waals surface area contributed by atoms with Crippen molar-refractivity contribution >= 4 is 34.8 Å². The van der Waals surface area contributed by atoms with Crippen molar-refractivity contribution in [1.82, 2.24) is 0 Å². The van der Waals surface area contributed by atoms with Crippen LogP contribution < -0.4 is 10.2 Å². The molecule has 1 heterocycles. The van der Waals surface area contributed by atoms with Crippen LogP contribution in [0.2, 0.25) is 5.02 Å². The number of nitrogens with one attached hydrogen (secondary N) is 1. The molecule has 26 heavy (non-hydrogen) atoms. The Bertz CT molecular complexity index is 848. The zero-order valence-corrected chi connectivity index (χ0v) is 16.0. The molecule has 1 aliphatic rings. The number of halogens is 1. The minimum atomic E-state index is -0.374. The third-order valence-electron chi connectivity index (χ3n) is 4.80. The van der Waals surface area contributed by atoms with Crippen molar-refractivity contribution in [3.8, 4) is 0 Å². The van der Waals surface area contributed by atoms with E-state index in [2.05, 4.69) is 19.2 Å². The van der Waals surface area contributed by atoms with Crippen LogP contribution in [0.25, 0.3) is 0 Å². The van der Waals surface area contributed by atoms with Gasteiger partial charge in [-0.3, -0.25) is 9.59 Å². The lowest BCUT2D eigenvalue weighted by molar-refractivity contribution is -0.122. The normalized spacial score (nSPS) is 17.0. The molecule has 5 heteroatoms. The molecule has 1 saturated heterocycles. The van der Waals surface area contributed by atoms with Crippen molar-refractivity contribution < 1.29 is 9.59 Å². The summed E-state index contributed by atoms with van der Waals surface area (Å²) in [6.45, 7) is 6.49. The van der Waals surface area contributed by atoms with Crippen LogP contribution in [-0.2, 0) is 9.59 Å². The van der Waals surface area contributed by atoms with Gasteiger partial charge in [-0.1, -0.05) is 49.7 Å². The van der Waals surface area contributed by atoms with Crippen LogP contribution in [-0.4, -0.2) is 18.4 Å². The van der Waals surface area contributed by atoms with Crippen molar-refractivity contribution in [2.75, 3.05) is 16.8 Å². The number of rotatable bonds is 4. The number of para-hydroxylation sites is 1. The summed E-state index contributed by atoms with van der Waals surface area (Å²) in [5, 5.41) is 3.59. The molecule has 1 N–H and O–H groups in total. The number of hydrogen-bond acceptors (Lipinski definition) is 2.